The third-order valence-electron chi connectivity index (χ3n) is 2.26. The van der Waals surface area contributed by atoms with Crippen molar-refractivity contribution in [2.75, 3.05) is 0 Å². The number of thiazole rings is 1. The quantitative estimate of drug-likeness (QED) is 0.691. The van der Waals surface area contributed by atoms with Crippen LogP contribution in [-0.4, -0.2) is 4.98 Å². The Bertz CT molecular complexity index is 236. The summed E-state index contributed by atoms with van der Waals surface area (Å²) >= 11 is 1.86. The summed E-state index contributed by atoms with van der Waals surface area (Å²) in [4.78, 5) is 5.81. The van der Waals surface area contributed by atoms with E-state index in [1.54, 1.807) is 0 Å². The van der Waals surface area contributed by atoms with E-state index in [0.717, 1.165) is 0 Å². The van der Waals surface area contributed by atoms with Gasteiger partial charge in [0.25, 0.3) is 0 Å². The van der Waals surface area contributed by atoms with Gasteiger partial charge in [0.05, 0.1) is 5.01 Å². The van der Waals surface area contributed by atoms with Crippen LogP contribution in [0.4, 0.5) is 0 Å². The lowest BCUT2D eigenvalue weighted by Crippen LogP contribution is -1.96. The Kier molecular flexibility index (Phi) is 4.43. The summed E-state index contributed by atoms with van der Waals surface area (Å²) in [6.07, 6.45) is 7.12. The van der Waals surface area contributed by atoms with Gasteiger partial charge in [0, 0.05) is 17.0 Å². The van der Waals surface area contributed by atoms with E-state index >= 15 is 0 Å². The number of aryl methyl sites for hydroxylation is 1. The van der Waals surface area contributed by atoms with Crippen molar-refractivity contribution in [1.29, 1.82) is 0 Å². The van der Waals surface area contributed by atoms with Crippen LogP contribution in [0.3, 0.4) is 0 Å². The molecule has 13 heavy (non-hydrogen) atoms. The van der Waals surface area contributed by atoms with Gasteiger partial charge in [0.15, 0.2) is 0 Å². The molecular weight excluding hydrogens is 178 g/mol. The molecule has 0 unspecified atom stereocenters. The SMILES string of the molecule is CCCC(CCC)c1ncc(C)s1. The first kappa shape index (κ1) is 10.7. The molecule has 1 aromatic rings. The molecule has 74 valence electrons. The van der Waals surface area contributed by atoms with Crippen molar-refractivity contribution in [1.82, 2.24) is 4.98 Å². The van der Waals surface area contributed by atoms with E-state index in [0.29, 0.717) is 5.92 Å². The van der Waals surface area contributed by atoms with Crippen molar-refractivity contribution in [3.8, 4) is 0 Å². The highest BCUT2D eigenvalue weighted by Crippen LogP contribution is 2.29. The summed E-state index contributed by atoms with van der Waals surface area (Å²) in [5.41, 5.74) is 0. The highest BCUT2D eigenvalue weighted by Gasteiger charge is 2.12. The average Bonchev–Trinajstić information content (AvgIpc) is 2.51. The Labute approximate surface area is 85.2 Å². The van der Waals surface area contributed by atoms with E-state index in [1.165, 1.54) is 35.6 Å². The van der Waals surface area contributed by atoms with Crippen LogP contribution >= 0.6 is 11.3 Å². The molecule has 0 saturated carbocycles. The molecule has 0 N–H and O–H groups in total. The predicted octanol–water partition coefficient (Wildman–Crippen LogP) is 4.14. The number of rotatable bonds is 5. The van der Waals surface area contributed by atoms with E-state index in [9.17, 15) is 0 Å². The number of hydrogen-bond acceptors (Lipinski definition) is 2. The lowest BCUT2D eigenvalue weighted by atomic mass is 9.99. The first-order valence-electron chi connectivity index (χ1n) is 5.20. The molecule has 2 heteroatoms. The summed E-state index contributed by atoms with van der Waals surface area (Å²) in [7, 11) is 0. The molecule has 1 rings (SSSR count). The van der Waals surface area contributed by atoms with Crippen LogP contribution in [0.5, 0.6) is 0 Å². The summed E-state index contributed by atoms with van der Waals surface area (Å²) in [6, 6.07) is 0. The minimum absolute atomic E-state index is 0.716. The smallest absolute Gasteiger partial charge is 0.0958 e. The lowest BCUT2D eigenvalue weighted by molar-refractivity contribution is 0.558. The minimum Gasteiger partial charge on any atom is -0.249 e. The van der Waals surface area contributed by atoms with E-state index in [-0.39, 0.29) is 0 Å². The highest BCUT2D eigenvalue weighted by molar-refractivity contribution is 7.11. The fourth-order valence-corrected chi connectivity index (χ4v) is 2.59. The second kappa shape index (κ2) is 5.38. The van der Waals surface area contributed by atoms with Gasteiger partial charge in [-0.1, -0.05) is 26.7 Å². The standard InChI is InChI=1S/C11H19NS/c1-4-6-10(7-5-2)11-12-8-9(3)13-11/h8,10H,4-7H2,1-3H3. The molecule has 0 bridgehead atoms. The lowest BCUT2D eigenvalue weighted by Gasteiger charge is -2.11. The topological polar surface area (TPSA) is 12.9 Å². The molecule has 0 amide bonds. The van der Waals surface area contributed by atoms with Crippen LogP contribution in [0.15, 0.2) is 6.20 Å². The third-order valence-corrected chi connectivity index (χ3v) is 3.34. The first-order valence-corrected chi connectivity index (χ1v) is 6.01. The van der Waals surface area contributed by atoms with Crippen LogP contribution in [0, 0.1) is 6.92 Å². The molecule has 0 fully saturated rings. The van der Waals surface area contributed by atoms with Crippen LogP contribution in [0.2, 0.25) is 0 Å². The number of hydrogen-bond donors (Lipinski definition) is 0. The van der Waals surface area contributed by atoms with Crippen molar-refractivity contribution in [2.24, 2.45) is 0 Å². The third kappa shape index (κ3) is 3.11. The van der Waals surface area contributed by atoms with Crippen LogP contribution < -0.4 is 0 Å². The van der Waals surface area contributed by atoms with E-state index < -0.39 is 0 Å². The molecule has 1 nitrogen and oxygen atoms in total. The zero-order valence-corrected chi connectivity index (χ0v) is 9.66. The van der Waals surface area contributed by atoms with Crippen LogP contribution in [0.25, 0.3) is 0 Å². The maximum atomic E-state index is 4.47. The zero-order chi connectivity index (χ0) is 9.68. The zero-order valence-electron chi connectivity index (χ0n) is 8.84. The largest absolute Gasteiger partial charge is 0.249 e. The van der Waals surface area contributed by atoms with E-state index in [4.69, 9.17) is 0 Å². The first-order chi connectivity index (χ1) is 6.27. The molecule has 0 radical (unpaired) electrons. The molecule has 0 saturated heterocycles. The van der Waals surface area contributed by atoms with Gasteiger partial charge in [-0.15, -0.1) is 11.3 Å². The molecule has 0 aliphatic heterocycles. The molecule has 1 aromatic heterocycles. The fourth-order valence-electron chi connectivity index (χ4n) is 1.65. The van der Waals surface area contributed by atoms with Gasteiger partial charge in [0.2, 0.25) is 0 Å². The van der Waals surface area contributed by atoms with Crippen LogP contribution in [0.1, 0.15) is 55.3 Å². The van der Waals surface area contributed by atoms with E-state index in [1.807, 2.05) is 17.5 Å². The van der Waals surface area contributed by atoms with Crippen molar-refractivity contribution >= 4 is 11.3 Å². The maximum absolute atomic E-state index is 4.47. The number of nitrogens with zero attached hydrogens (tertiary/aromatic N) is 1. The molecule has 0 aliphatic carbocycles. The van der Waals surface area contributed by atoms with Gasteiger partial charge in [-0.05, 0) is 19.8 Å². The second-order valence-electron chi connectivity index (χ2n) is 3.58. The Hall–Kier alpha value is -0.370. The predicted molar refractivity (Wildman–Crippen MR) is 59.4 cm³/mol. The molecule has 1 heterocycles. The Morgan fingerprint density at radius 1 is 1.31 bits per heavy atom. The van der Waals surface area contributed by atoms with Gasteiger partial charge >= 0.3 is 0 Å². The molecule has 0 spiro atoms. The van der Waals surface area contributed by atoms with Gasteiger partial charge in [0.1, 0.15) is 0 Å². The Morgan fingerprint density at radius 2 is 1.92 bits per heavy atom. The fraction of sp³-hybridized carbons (Fsp3) is 0.727. The average molecular weight is 197 g/mol. The molecule has 0 aliphatic rings. The van der Waals surface area contributed by atoms with Gasteiger partial charge in [-0.25, -0.2) is 4.98 Å². The van der Waals surface area contributed by atoms with Crippen molar-refractivity contribution in [2.45, 2.75) is 52.4 Å². The van der Waals surface area contributed by atoms with Gasteiger partial charge < -0.3 is 0 Å². The van der Waals surface area contributed by atoms with Gasteiger partial charge in [-0.2, -0.15) is 0 Å². The summed E-state index contributed by atoms with van der Waals surface area (Å²) in [6.45, 7) is 6.64. The summed E-state index contributed by atoms with van der Waals surface area (Å²) in [5.74, 6) is 0.716. The van der Waals surface area contributed by atoms with Crippen molar-refractivity contribution < 1.29 is 0 Å². The Balaban J connectivity index is 2.63. The second-order valence-corrected chi connectivity index (χ2v) is 4.85. The summed E-state index contributed by atoms with van der Waals surface area (Å²) in [5, 5.41) is 1.35. The van der Waals surface area contributed by atoms with Gasteiger partial charge in [-0.3, -0.25) is 0 Å². The monoisotopic (exact) mass is 197 g/mol. The molecule has 0 aromatic carbocycles. The van der Waals surface area contributed by atoms with Crippen molar-refractivity contribution in [3.05, 3.63) is 16.1 Å². The van der Waals surface area contributed by atoms with Crippen LogP contribution in [-0.2, 0) is 0 Å². The van der Waals surface area contributed by atoms with Crippen molar-refractivity contribution in [3.63, 3.8) is 0 Å². The number of aromatic nitrogens is 1. The minimum atomic E-state index is 0.716. The van der Waals surface area contributed by atoms with E-state index in [2.05, 4.69) is 25.8 Å². The summed E-state index contributed by atoms with van der Waals surface area (Å²) < 4.78 is 0. The maximum Gasteiger partial charge on any atom is 0.0958 e. The molecular formula is C11H19NS. The normalized spacial score (nSPS) is 11.1. The molecule has 0 atom stereocenters. The Morgan fingerprint density at radius 3 is 2.31 bits per heavy atom. The highest BCUT2D eigenvalue weighted by atomic mass is 32.1.